The van der Waals surface area contributed by atoms with Gasteiger partial charge in [0, 0.05) is 0 Å². The van der Waals surface area contributed by atoms with Gasteiger partial charge in [-0.05, 0) is 12.5 Å². The molecule has 0 fully saturated rings. The van der Waals surface area contributed by atoms with Crippen LogP contribution < -0.4 is 0 Å². The van der Waals surface area contributed by atoms with Crippen LogP contribution in [0.4, 0.5) is 0 Å². The second kappa shape index (κ2) is 5.66. The van der Waals surface area contributed by atoms with Gasteiger partial charge in [-0.25, -0.2) is 4.79 Å². The first kappa shape index (κ1) is 11.9. The fourth-order valence-corrected chi connectivity index (χ4v) is 1.57. The Morgan fingerprint density at radius 2 is 1.93 bits per heavy atom. The molecule has 4 heteroatoms. The fraction of sp³-hybridized carbons (Fsp3) is 0.273. The minimum atomic E-state index is -0.803. The summed E-state index contributed by atoms with van der Waals surface area (Å²) >= 11 is 3.17. The molecule has 0 amide bonds. The van der Waals surface area contributed by atoms with E-state index in [0.717, 1.165) is 5.56 Å². The van der Waals surface area contributed by atoms with E-state index in [2.05, 4.69) is 20.7 Å². The van der Waals surface area contributed by atoms with Crippen molar-refractivity contribution in [3.05, 3.63) is 35.9 Å². The number of alkyl halides is 1. The molecule has 0 aromatic heterocycles. The number of benzene rings is 1. The van der Waals surface area contributed by atoms with Gasteiger partial charge in [0.05, 0.1) is 6.61 Å². The molecule has 80 valence electrons. The van der Waals surface area contributed by atoms with Crippen molar-refractivity contribution < 1.29 is 14.3 Å². The highest BCUT2D eigenvalue weighted by atomic mass is 79.9. The SMILES string of the molecule is CCOC(=O)C(=O)[C@H](Br)c1ccccc1. The Morgan fingerprint density at radius 1 is 1.33 bits per heavy atom. The summed E-state index contributed by atoms with van der Waals surface area (Å²) in [4.78, 5) is 22.0. The Balaban J connectivity index is 2.73. The second-order valence-electron chi connectivity index (χ2n) is 2.86. The Bertz CT molecular complexity index is 348. The largest absolute Gasteiger partial charge is 0.460 e. The van der Waals surface area contributed by atoms with Crippen molar-refractivity contribution in [2.75, 3.05) is 6.61 Å². The first-order valence-corrected chi connectivity index (χ1v) is 5.48. The van der Waals surface area contributed by atoms with Gasteiger partial charge >= 0.3 is 5.97 Å². The van der Waals surface area contributed by atoms with Crippen molar-refractivity contribution in [2.45, 2.75) is 11.8 Å². The predicted octanol–water partition coefficient (Wildman–Crippen LogP) is 2.25. The number of esters is 1. The highest BCUT2D eigenvalue weighted by molar-refractivity contribution is 9.09. The first-order chi connectivity index (χ1) is 7.16. The van der Waals surface area contributed by atoms with Crippen LogP contribution in [0.25, 0.3) is 0 Å². The molecule has 0 saturated carbocycles. The van der Waals surface area contributed by atoms with Gasteiger partial charge in [-0.15, -0.1) is 0 Å². The molecular weight excluding hydrogens is 260 g/mol. The molecule has 0 saturated heterocycles. The van der Waals surface area contributed by atoms with E-state index < -0.39 is 16.6 Å². The lowest BCUT2D eigenvalue weighted by Gasteiger charge is -2.07. The number of hydrogen-bond acceptors (Lipinski definition) is 3. The smallest absolute Gasteiger partial charge is 0.376 e. The zero-order valence-corrected chi connectivity index (χ0v) is 9.86. The van der Waals surface area contributed by atoms with Crippen LogP contribution in [0.1, 0.15) is 17.3 Å². The summed E-state index contributed by atoms with van der Waals surface area (Å²) in [6, 6.07) is 9.01. The normalized spacial score (nSPS) is 11.9. The predicted molar refractivity (Wildman–Crippen MR) is 59.8 cm³/mol. The van der Waals surface area contributed by atoms with Gasteiger partial charge in [-0.1, -0.05) is 46.3 Å². The number of Topliss-reactive ketones (excluding diaryl/α,β-unsaturated/α-hetero) is 1. The van der Waals surface area contributed by atoms with Crippen LogP contribution in [0.5, 0.6) is 0 Å². The number of halogens is 1. The molecule has 0 radical (unpaired) electrons. The lowest BCUT2D eigenvalue weighted by Crippen LogP contribution is -2.21. The minimum absolute atomic E-state index is 0.207. The average molecular weight is 271 g/mol. The summed E-state index contributed by atoms with van der Waals surface area (Å²) < 4.78 is 4.63. The summed E-state index contributed by atoms with van der Waals surface area (Å²) in [7, 11) is 0. The highest BCUT2D eigenvalue weighted by Gasteiger charge is 2.25. The summed E-state index contributed by atoms with van der Waals surface area (Å²) in [5.41, 5.74) is 0.746. The number of carbonyl (C=O) groups excluding carboxylic acids is 2. The van der Waals surface area contributed by atoms with Gasteiger partial charge < -0.3 is 4.74 Å². The van der Waals surface area contributed by atoms with Crippen LogP contribution in [-0.4, -0.2) is 18.4 Å². The maximum absolute atomic E-state index is 11.5. The molecule has 0 aliphatic rings. The van der Waals surface area contributed by atoms with E-state index >= 15 is 0 Å². The van der Waals surface area contributed by atoms with E-state index in [1.165, 1.54) is 0 Å². The van der Waals surface area contributed by atoms with Crippen LogP contribution in [0.3, 0.4) is 0 Å². The number of ether oxygens (including phenoxy) is 1. The lowest BCUT2D eigenvalue weighted by molar-refractivity contribution is -0.153. The van der Waals surface area contributed by atoms with Crippen LogP contribution in [0, 0.1) is 0 Å². The van der Waals surface area contributed by atoms with Gasteiger partial charge in [0.1, 0.15) is 4.83 Å². The average Bonchev–Trinajstić information content (AvgIpc) is 2.28. The zero-order chi connectivity index (χ0) is 11.3. The molecule has 0 bridgehead atoms. The summed E-state index contributed by atoms with van der Waals surface area (Å²) in [6.45, 7) is 1.87. The quantitative estimate of drug-likeness (QED) is 0.479. The number of carbonyl (C=O) groups is 2. The number of ketones is 1. The van der Waals surface area contributed by atoms with Gasteiger partial charge in [-0.2, -0.15) is 0 Å². The highest BCUT2D eigenvalue weighted by Crippen LogP contribution is 2.23. The minimum Gasteiger partial charge on any atom is -0.460 e. The standard InChI is InChI=1S/C11H11BrO3/c1-2-15-11(14)10(13)9(12)8-6-4-3-5-7-8/h3-7,9H,2H2,1H3/t9-/m1/s1. The van der Waals surface area contributed by atoms with E-state index in [0.29, 0.717) is 0 Å². The van der Waals surface area contributed by atoms with Crippen molar-refractivity contribution in [2.24, 2.45) is 0 Å². The maximum atomic E-state index is 11.5. The van der Waals surface area contributed by atoms with Crippen LogP contribution >= 0.6 is 15.9 Å². The second-order valence-corrected chi connectivity index (χ2v) is 3.77. The lowest BCUT2D eigenvalue weighted by atomic mass is 10.1. The van der Waals surface area contributed by atoms with Crippen molar-refractivity contribution in [3.8, 4) is 0 Å². The van der Waals surface area contributed by atoms with E-state index in [9.17, 15) is 9.59 Å². The van der Waals surface area contributed by atoms with Crippen molar-refractivity contribution >= 4 is 27.7 Å². The van der Waals surface area contributed by atoms with Crippen molar-refractivity contribution in [1.82, 2.24) is 0 Å². The monoisotopic (exact) mass is 270 g/mol. The molecule has 0 unspecified atom stereocenters. The molecule has 0 aliphatic carbocycles. The molecule has 1 aromatic carbocycles. The fourth-order valence-electron chi connectivity index (χ4n) is 1.08. The molecule has 1 atom stereocenters. The molecule has 15 heavy (non-hydrogen) atoms. The van der Waals surface area contributed by atoms with Gasteiger partial charge in [-0.3, -0.25) is 4.79 Å². The first-order valence-electron chi connectivity index (χ1n) is 4.56. The Hall–Kier alpha value is -1.16. The number of rotatable bonds is 4. The van der Waals surface area contributed by atoms with Crippen LogP contribution in [0.15, 0.2) is 30.3 Å². The van der Waals surface area contributed by atoms with Gasteiger partial charge in [0.25, 0.3) is 5.78 Å². The topological polar surface area (TPSA) is 43.4 Å². The summed E-state index contributed by atoms with van der Waals surface area (Å²) in [6.07, 6.45) is 0. The molecule has 0 heterocycles. The third-order valence-electron chi connectivity index (χ3n) is 1.80. The molecule has 1 aromatic rings. The van der Waals surface area contributed by atoms with E-state index in [4.69, 9.17) is 0 Å². The van der Waals surface area contributed by atoms with Gasteiger partial charge in [0.2, 0.25) is 0 Å². The maximum Gasteiger partial charge on any atom is 0.376 e. The molecule has 0 aliphatic heterocycles. The molecule has 1 rings (SSSR count). The Morgan fingerprint density at radius 3 is 2.47 bits per heavy atom. The van der Waals surface area contributed by atoms with Crippen molar-refractivity contribution in [3.63, 3.8) is 0 Å². The Kier molecular flexibility index (Phi) is 4.49. The molecule has 3 nitrogen and oxygen atoms in total. The summed E-state index contributed by atoms with van der Waals surface area (Å²) in [5, 5.41) is 0. The van der Waals surface area contributed by atoms with E-state index in [1.54, 1.807) is 19.1 Å². The van der Waals surface area contributed by atoms with E-state index in [-0.39, 0.29) is 6.61 Å². The summed E-state index contributed by atoms with van der Waals surface area (Å²) in [5.74, 6) is -1.38. The molecule has 0 N–H and O–H groups in total. The Labute approximate surface area is 96.6 Å². The third kappa shape index (κ3) is 3.16. The molecule has 0 spiro atoms. The number of hydrogen-bond donors (Lipinski definition) is 0. The van der Waals surface area contributed by atoms with Crippen molar-refractivity contribution in [1.29, 1.82) is 0 Å². The zero-order valence-electron chi connectivity index (χ0n) is 8.27. The van der Waals surface area contributed by atoms with Crippen LogP contribution in [0.2, 0.25) is 0 Å². The third-order valence-corrected chi connectivity index (χ3v) is 2.74. The van der Waals surface area contributed by atoms with Crippen LogP contribution in [-0.2, 0) is 14.3 Å². The van der Waals surface area contributed by atoms with Gasteiger partial charge in [0.15, 0.2) is 0 Å². The van der Waals surface area contributed by atoms with E-state index in [1.807, 2.05) is 18.2 Å². The molecular formula is C11H11BrO3.